The van der Waals surface area contributed by atoms with Gasteiger partial charge in [-0.25, -0.2) is 4.98 Å². The molecule has 0 saturated carbocycles. The first kappa shape index (κ1) is 16.1. The first-order valence-electron chi connectivity index (χ1n) is 6.15. The highest BCUT2D eigenvalue weighted by Crippen LogP contribution is 1.85. The van der Waals surface area contributed by atoms with Gasteiger partial charge in [0.1, 0.15) is 5.82 Å². The zero-order valence-corrected chi connectivity index (χ0v) is 10.7. The van der Waals surface area contributed by atoms with Crippen molar-refractivity contribution in [3.63, 3.8) is 0 Å². The van der Waals surface area contributed by atoms with Gasteiger partial charge in [0.25, 0.3) is 0 Å². The number of imidazole rings is 1. The van der Waals surface area contributed by atoms with Crippen LogP contribution in [-0.4, -0.2) is 49.2 Å². The third-order valence-electron chi connectivity index (χ3n) is 2.01. The molecule has 0 atom stereocenters. The average molecular weight is 242 g/mol. The second-order valence-electron chi connectivity index (χ2n) is 3.47. The zero-order valence-electron chi connectivity index (χ0n) is 10.7. The van der Waals surface area contributed by atoms with Gasteiger partial charge in [0.05, 0.1) is 0 Å². The lowest BCUT2D eigenvalue weighted by atomic mass is 10.5. The molecule has 0 aliphatic heterocycles. The maximum atomic E-state index is 5.27. The molecule has 0 saturated heterocycles. The molecule has 0 aliphatic carbocycles. The molecular formula is C11H26N6. The largest absolute Gasteiger partial charge is 0.349 e. The van der Waals surface area contributed by atoms with Gasteiger partial charge in [0.15, 0.2) is 0 Å². The SMILES string of the molecule is CCc1ncc[nH]1.NCCNCCNCCN. The minimum absolute atomic E-state index is 0.705. The van der Waals surface area contributed by atoms with Crippen LogP contribution >= 0.6 is 0 Å². The molecule has 1 heterocycles. The standard InChI is InChI=1S/C6H18N4.C5H8N2/c7-1-3-9-5-6-10-4-2-8;1-2-5-6-3-4-7-5/h9-10H,1-8H2;3-4H,2H2,1H3,(H,6,7). The monoisotopic (exact) mass is 242 g/mol. The molecule has 7 N–H and O–H groups in total. The Bertz CT molecular complexity index is 216. The van der Waals surface area contributed by atoms with E-state index in [0.717, 1.165) is 38.4 Å². The molecular weight excluding hydrogens is 216 g/mol. The molecule has 17 heavy (non-hydrogen) atoms. The van der Waals surface area contributed by atoms with E-state index in [0.29, 0.717) is 13.1 Å². The van der Waals surface area contributed by atoms with Crippen molar-refractivity contribution in [3.8, 4) is 0 Å². The normalized spacial score (nSPS) is 9.82. The van der Waals surface area contributed by atoms with Crippen molar-refractivity contribution in [2.75, 3.05) is 39.3 Å². The number of nitrogens with two attached hydrogens (primary N) is 2. The van der Waals surface area contributed by atoms with Gasteiger partial charge in [0.2, 0.25) is 0 Å². The van der Waals surface area contributed by atoms with Crippen molar-refractivity contribution in [1.82, 2.24) is 20.6 Å². The predicted molar refractivity (Wildman–Crippen MR) is 71.8 cm³/mol. The number of nitrogens with zero attached hydrogens (tertiary/aromatic N) is 1. The van der Waals surface area contributed by atoms with E-state index in [1.807, 2.05) is 6.20 Å². The minimum Gasteiger partial charge on any atom is -0.349 e. The molecule has 0 aromatic carbocycles. The number of aromatic amines is 1. The third kappa shape index (κ3) is 11.3. The molecule has 0 unspecified atom stereocenters. The highest BCUT2D eigenvalue weighted by molar-refractivity contribution is 4.84. The number of aryl methyl sites for hydroxylation is 1. The van der Waals surface area contributed by atoms with E-state index in [1.165, 1.54) is 0 Å². The Morgan fingerprint density at radius 3 is 2.00 bits per heavy atom. The molecule has 100 valence electrons. The molecule has 6 nitrogen and oxygen atoms in total. The zero-order chi connectivity index (χ0) is 12.8. The van der Waals surface area contributed by atoms with Crippen LogP contribution in [0.3, 0.4) is 0 Å². The van der Waals surface area contributed by atoms with Gasteiger partial charge in [-0.15, -0.1) is 0 Å². The quantitative estimate of drug-likeness (QED) is 0.378. The van der Waals surface area contributed by atoms with E-state index in [9.17, 15) is 0 Å². The number of H-pyrrole nitrogens is 1. The maximum Gasteiger partial charge on any atom is 0.105 e. The van der Waals surface area contributed by atoms with E-state index < -0.39 is 0 Å². The van der Waals surface area contributed by atoms with Crippen LogP contribution in [0.4, 0.5) is 0 Å². The summed E-state index contributed by atoms with van der Waals surface area (Å²) in [5.74, 6) is 1.06. The summed E-state index contributed by atoms with van der Waals surface area (Å²) < 4.78 is 0. The fraction of sp³-hybridized carbons (Fsp3) is 0.727. The lowest BCUT2D eigenvalue weighted by Gasteiger charge is -2.03. The smallest absolute Gasteiger partial charge is 0.105 e. The summed E-state index contributed by atoms with van der Waals surface area (Å²) >= 11 is 0. The first-order chi connectivity index (χ1) is 8.35. The molecule has 6 heteroatoms. The Balaban J connectivity index is 0.000000318. The van der Waals surface area contributed by atoms with E-state index in [2.05, 4.69) is 27.5 Å². The van der Waals surface area contributed by atoms with Gasteiger partial charge >= 0.3 is 0 Å². The Morgan fingerprint density at radius 1 is 1.12 bits per heavy atom. The van der Waals surface area contributed by atoms with E-state index in [4.69, 9.17) is 11.5 Å². The van der Waals surface area contributed by atoms with E-state index in [-0.39, 0.29) is 0 Å². The Hall–Kier alpha value is -0.950. The number of hydrogen-bond acceptors (Lipinski definition) is 5. The third-order valence-corrected chi connectivity index (χ3v) is 2.01. The molecule has 0 bridgehead atoms. The van der Waals surface area contributed by atoms with Crippen LogP contribution < -0.4 is 22.1 Å². The van der Waals surface area contributed by atoms with Crippen molar-refractivity contribution in [1.29, 1.82) is 0 Å². The Kier molecular flexibility index (Phi) is 12.4. The number of nitrogens with one attached hydrogen (secondary N) is 3. The van der Waals surface area contributed by atoms with Crippen molar-refractivity contribution in [2.45, 2.75) is 13.3 Å². The van der Waals surface area contributed by atoms with Crippen LogP contribution in [0.5, 0.6) is 0 Å². The van der Waals surface area contributed by atoms with Crippen molar-refractivity contribution >= 4 is 0 Å². The average Bonchev–Trinajstić information content (AvgIpc) is 2.87. The highest BCUT2D eigenvalue weighted by Gasteiger charge is 1.84. The lowest BCUT2D eigenvalue weighted by Crippen LogP contribution is -2.32. The number of hydrogen-bond donors (Lipinski definition) is 5. The molecule has 0 spiro atoms. The fourth-order valence-electron chi connectivity index (χ4n) is 1.12. The summed E-state index contributed by atoms with van der Waals surface area (Å²) in [6.45, 7) is 7.20. The summed E-state index contributed by atoms with van der Waals surface area (Å²) in [6, 6.07) is 0. The second kappa shape index (κ2) is 13.1. The van der Waals surface area contributed by atoms with Crippen molar-refractivity contribution in [2.24, 2.45) is 11.5 Å². The highest BCUT2D eigenvalue weighted by atomic mass is 14.9. The van der Waals surface area contributed by atoms with Gasteiger partial charge in [-0.3, -0.25) is 0 Å². The summed E-state index contributed by atoms with van der Waals surface area (Å²) in [6.07, 6.45) is 4.59. The van der Waals surface area contributed by atoms with Crippen LogP contribution in [0, 0.1) is 0 Å². The van der Waals surface area contributed by atoms with Crippen LogP contribution in [0.2, 0.25) is 0 Å². The van der Waals surface area contributed by atoms with Crippen LogP contribution in [0.15, 0.2) is 12.4 Å². The molecule has 0 radical (unpaired) electrons. The summed E-state index contributed by atoms with van der Waals surface area (Å²) in [5, 5.41) is 6.33. The maximum absolute atomic E-state index is 5.27. The predicted octanol–water partition coefficient (Wildman–Crippen LogP) is -0.945. The Labute approximate surface area is 104 Å². The van der Waals surface area contributed by atoms with Gasteiger partial charge in [-0.2, -0.15) is 0 Å². The first-order valence-corrected chi connectivity index (χ1v) is 6.15. The second-order valence-corrected chi connectivity index (χ2v) is 3.47. The summed E-state index contributed by atoms with van der Waals surface area (Å²) in [7, 11) is 0. The number of rotatable bonds is 8. The molecule has 0 fully saturated rings. The minimum atomic E-state index is 0.705. The topological polar surface area (TPSA) is 105 Å². The molecule has 0 amide bonds. The lowest BCUT2D eigenvalue weighted by molar-refractivity contribution is 0.618. The van der Waals surface area contributed by atoms with E-state index >= 15 is 0 Å². The van der Waals surface area contributed by atoms with Gasteiger partial charge < -0.3 is 27.1 Å². The molecule has 1 aromatic heterocycles. The summed E-state index contributed by atoms with van der Waals surface area (Å²) in [4.78, 5) is 6.95. The van der Waals surface area contributed by atoms with E-state index in [1.54, 1.807) is 6.20 Å². The van der Waals surface area contributed by atoms with Gasteiger partial charge in [-0.05, 0) is 0 Å². The molecule has 1 aromatic rings. The molecule has 0 aliphatic rings. The van der Waals surface area contributed by atoms with Gasteiger partial charge in [0, 0.05) is 58.1 Å². The van der Waals surface area contributed by atoms with Crippen LogP contribution in [0.1, 0.15) is 12.7 Å². The Morgan fingerprint density at radius 2 is 1.71 bits per heavy atom. The fourth-order valence-corrected chi connectivity index (χ4v) is 1.12. The summed E-state index contributed by atoms with van der Waals surface area (Å²) in [5.41, 5.74) is 10.5. The van der Waals surface area contributed by atoms with Crippen molar-refractivity contribution in [3.05, 3.63) is 18.2 Å². The van der Waals surface area contributed by atoms with Crippen LogP contribution in [0.25, 0.3) is 0 Å². The van der Waals surface area contributed by atoms with Crippen molar-refractivity contribution < 1.29 is 0 Å². The van der Waals surface area contributed by atoms with Gasteiger partial charge in [-0.1, -0.05) is 6.92 Å². The van der Waals surface area contributed by atoms with Crippen LogP contribution in [-0.2, 0) is 6.42 Å². The number of aromatic nitrogens is 2. The molecule has 1 rings (SSSR count).